The van der Waals surface area contributed by atoms with Crippen LogP contribution in [-0.2, 0) is 0 Å². The largest absolute Gasteiger partial charge is 0.388 e. The summed E-state index contributed by atoms with van der Waals surface area (Å²) >= 11 is 0. The van der Waals surface area contributed by atoms with E-state index in [1.165, 1.54) is 0 Å². The van der Waals surface area contributed by atoms with Crippen LogP contribution >= 0.6 is 0 Å². The van der Waals surface area contributed by atoms with Gasteiger partial charge < -0.3 is 10.2 Å². The van der Waals surface area contributed by atoms with Gasteiger partial charge in [0.25, 0.3) is 0 Å². The zero-order valence-electron chi connectivity index (χ0n) is 13.0. The Labute approximate surface area is 137 Å². The van der Waals surface area contributed by atoms with Gasteiger partial charge >= 0.3 is 0 Å². The molecule has 2 heteroatoms. The van der Waals surface area contributed by atoms with Crippen LogP contribution in [-0.4, -0.2) is 10.2 Å². The molecule has 4 rings (SSSR count). The van der Waals surface area contributed by atoms with Crippen LogP contribution in [0.2, 0.25) is 0 Å². The Balaban J connectivity index is 1.66. The minimum absolute atomic E-state index is 0.0719. The molecule has 2 nitrogen and oxygen atoms in total. The number of fused-ring (bicyclic) bond motifs is 2. The van der Waals surface area contributed by atoms with E-state index in [0.29, 0.717) is 11.8 Å². The molecular formula is C21H22O2. The molecule has 0 aliphatic heterocycles. The van der Waals surface area contributed by atoms with Crippen molar-refractivity contribution < 1.29 is 10.2 Å². The molecule has 0 heterocycles. The van der Waals surface area contributed by atoms with Gasteiger partial charge in [0.15, 0.2) is 0 Å². The van der Waals surface area contributed by atoms with E-state index in [1.54, 1.807) is 0 Å². The van der Waals surface area contributed by atoms with Gasteiger partial charge in [0.2, 0.25) is 0 Å². The van der Waals surface area contributed by atoms with Crippen LogP contribution in [0, 0.1) is 23.7 Å². The molecule has 2 aliphatic rings. The third kappa shape index (κ3) is 2.52. The zero-order chi connectivity index (χ0) is 15.8. The molecule has 6 atom stereocenters. The number of hydrogen-bond acceptors (Lipinski definition) is 2. The lowest BCUT2D eigenvalue weighted by atomic mass is 9.73. The predicted molar refractivity (Wildman–Crippen MR) is 90.5 cm³/mol. The molecule has 2 aromatic carbocycles. The fourth-order valence-corrected chi connectivity index (χ4v) is 4.53. The standard InChI is InChI=1S/C21H22O2/c22-20(14-7-3-1-4-8-14)18-16-11-12-17(13-16)19(18)21(23)15-9-5-2-6-10-15/h1-12,16-23H,13H2/t16-,17-,18-,19+,20+,21-/m0/s1. The van der Waals surface area contributed by atoms with Crippen LogP contribution in [0.3, 0.4) is 0 Å². The molecule has 2 N–H and O–H groups in total. The number of aliphatic hydroxyl groups excluding tert-OH is 2. The van der Waals surface area contributed by atoms with Crippen LogP contribution in [0.15, 0.2) is 72.8 Å². The summed E-state index contributed by atoms with van der Waals surface area (Å²) in [5.74, 6) is 0.863. The van der Waals surface area contributed by atoms with Gasteiger partial charge in [-0.2, -0.15) is 0 Å². The summed E-state index contributed by atoms with van der Waals surface area (Å²) in [4.78, 5) is 0. The van der Waals surface area contributed by atoms with Crippen molar-refractivity contribution in [2.75, 3.05) is 0 Å². The maximum atomic E-state index is 11.0. The third-order valence-corrected chi connectivity index (χ3v) is 5.59. The first-order valence-electron chi connectivity index (χ1n) is 8.40. The molecule has 0 amide bonds. The molecule has 23 heavy (non-hydrogen) atoms. The van der Waals surface area contributed by atoms with Gasteiger partial charge in [0, 0.05) is 11.8 Å². The number of allylic oxidation sites excluding steroid dienone is 2. The highest BCUT2D eigenvalue weighted by Gasteiger charge is 2.50. The highest BCUT2D eigenvalue weighted by Crippen LogP contribution is 2.56. The van der Waals surface area contributed by atoms with Crippen LogP contribution in [0.5, 0.6) is 0 Å². The molecule has 1 fully saturated rings. The Kier molecular flexibility index (Phi) is 3.80. The van der Waals surface area contributed by atoms with E-state index in [4.69, 9.17) is 0 Å². The monoisotopic (exact) mass is 306 g/mol. The van der Waals surface area contributed by atoms with Gasteiger partial charge in [-0.15, -0.1) is 0 Å². The minimum atomic E-state index is -0.528. The average Bonchev–Trinajstić information content (AvgIpc) is 3.23. The lowest BCUT2D eigenvalue weighted by Gasteiger charge is -2.35. The van der Waals surface area contributed by atoms with E-state index in [-0.39, 0.29) is 11.8 Å². The van der Waals surface area contributed by atoms with Gasteiger partial charge in [-0.3, -0.25) is 0 Å². The van der Waals surface area contributed by atoms with E-state index in [2.05, 4.69) is 12.2 Å². The third-order valence-electron chi connectivity index (χ3n) is 5.59. The fraction of sp³-hybridized carbons (Fsp3) is 0.333. The SMILES string of the molecule is O[C@H](c1ccccc1)[C@@H]1[C@H]([C@@H](O)c2ccccc2)[C@H]2C=C[C@H]1C2. The first kappa shape index (κ1) is 14.7. The quantitative estimate of drug-likeness (QED) is 0.841. The maximum absolute atomic E-state index is 11.0. The zero-order valence-corrected chi connectivity index (χ0v) is 13.0. The van der Waals surface area contributed by atoms with Gasteiger partial charge in [0.05, 0.1) is 12.2 Å². The van der Waals surface area contributed by atoms with Gasteiger partial charge in [-0.1, -0.05) is 72.8 Å². The molecule has 0 saturated heterocycles. The highest BCUT2D eigenvalue weighted by molar-refractivity contribution is 5.26. The Morgan fingerprint density at radius 2 is 1.04 bits per heavy atom. The van der Waals surface area contributed by atoms with E-state index in [1.807, 2.05) is 60.7 Å². The molecule has 1 saturated carbocycles. The van der Waals surface area contributed by atoms with Crippen molar-refractivity contribution >= 4 is 0 Å². The summed E-state index contributed by atoms with van der Waals surface area (Å²) in [6.07, 6.45) is 4.45. The van der Waals surface area contributed by atoms with Crippen LogP contribution in [0.1, 0.15) is 29.8 Å². The first-order chi connectivity index (χ1) is 11.3. The number of hydrogen-bond donors (Lipinski definition) is 2. The molecule has 0 aromatic heterocycles. The highest BCUT2D eigenvalue weighted by atomic mass is 16.3. The van der Waals surface area contributed by atoms with Gasteiger partial charge in [0.1, 0.15) is 0 Å². The Morgan fingerprint density at radius 3 is 1.43 bits per heavy atom. The fourth-order valence-electron chi connectivity index (χ4n) is 4.53. The maximum Gasteiger partial charge on any atom is 0.0827 e. The molecule has 2 aliphatic carbocycles. The lowest BCUT2D eigenvalue weighted by molar-refractivity contribution is -0.000923. The minimum Gasteiger partial charge on any atom is -0.388 e. The molecule has 0 radical (unpaired) electrons. The van der Waals surface area contributed by atoms with Crippen molar-refractivity contribution in [3.63, 3.8) is 0 Å². The van der Waals surface area contributed by atoms with E-state index in [9.17, 15) is 10.2 Å². The summed E-state index contributed by atoms with van der Waals surface area (Å²) in [5, 5.41) is 21.9. The molecule has 0 unspecified atom stereocenters. The Hall–Kier alpha value is -1.90. The second-order valence-corrected chi connectivity index (χ2v) is 6.81. The van der Waals surface area contributed by atoms with Crippen molar-refractivity contribution in [2.45, 2.75) is 18.6 Å². The van der Waals surface area contributed by atoms with E-state index in [0.717, 1.165) is 17.5 Å². The molecule has 118 valence electrons. The lowest BCUT2D eigenvalue weighted by Crippen LogP contribution is -2.30. The number of aliphatic hydroxyl groups is 2. The predicted octanol–water partition coefficient (Wildman–Crippen LogP) is 3.89. The Morgan fingerprint density at radius 1 is 0.652 bits per heavy atom. The molecule has 2 bridgehead atoms. The van der Waals surface area contributed by atoms with E-state index < -0.39 is 12.2 Å². The van der Waals surface area contributed by atoms with Crippen molar-refractivity contribution in [3.05, 3.63) is 83.9 Å². The Bertz CT molecular complexity index is 620. The van der Waals surface area contributed by atoms with Crippen molar-refractivity contribution in [3.8, 4) is 0 Å². The molecule has 0 spiro atoms. The van der Waals surface area contributed by atoms with Crippen LogP contribution < -0.4 is 0 Å². The van der Waals surface area contributed by atoms with Crippen molar-refractivity contribution in [1.29, 1.82) is 0 Å². The summed E-state index contributed by atoms with van der Waals surface area (Å²) in [6, 6.07) is 19.7. The summed E-state index contributed by atoms with van der Waals surface area (Å²) < 4.78 is 0. The topological polar surface area (TPSA) is 40.5 Å². The summed E-state index contributed by atoms with van der Waals surface area (Å²) in [6.45, 7) is 0. The second-order valence-electron chi connectivity index (χ2n) is 6.81. The molecule has 2 aromatic rings. The first-order valence-corrected chi connectivity index (χ1v) is 8.40. The summed E-state index contributed by atoms with van der Waals surface area (Å²) in [5.41, 5.74) is 1.90. The number of rotatable bonds is 4. The van der Waals surface area contributed by atoms with Crippen LogP contribution in [0.25, 0.3) is 0 Å². The second kappa shape index (κ2) is 5.95. The average molecular weight is 306 g/mol. The van der Waals surface area contributed by atoms with Gasteiger partial charge in [-0.25, -0.2) is 0 Å². The smallest absolute Gasteiger partial charge is 0.0827 e. The van der Waals surface area contributed by atoms with Crippen molar-refractivity contribution in [1.82, 2.24) is 0 Å². The summed E-state index contributed by atoms with van der Waals surface area (Å²) in [7, 11) is 0. The van der Waals surface area contributed by atoms with Crippen molar-refractivity contribution in [2.24, 2.45) is 23.7 Å². The molecular weight excluding hydrogens is 284 g/mol. The van der Waals surface area contributed by atoms with E-state index >= 15 is 0 Å². The normalized spacial score (nSPS) is 31.2. The number of benzene rings is 2. The van der Waals surface area contributed by atoms with Gasteiger partial charge in [-0.05, 0) is 29.4 Å². The van der Waals surface area contributed by atoms with Crippen LogP contribution in [0.4, 0.5) is 0 Å².